The number of nitrogens with one attached hydrogen (secondary N) is 1. The van der Waals surface area contributed by atoms with Gasteiger partial charge in [0.05, 0.1) is 17.2 Å². The summed E-state index contributed by atoms with van der Waals surface area (Å²) in [6.07, 6.45) is 0. The predicted molar refractivity (Wildman–Crippen MR) is 110 cm³/mol. The molecule has 144 valence electrons. The molecule has 7 heteroatoms. The Balaban J connectivity index is 1.77. The fourth-order valence-electron chi connectivity index (χ4n) is 3.56. The van der Waals surface area contributed by atoms with E-state index in [4.69, 9.17) is 4.74 Å². The quantitative estimate of drug-likeness (QED) is 0.683. The van der Waals surface area contributed by atoms with Crippen LogP contribution in [0.5, 0.6) is 5.75 Å². The Morgan fingerprint density at radius 1 is 1.00 bits per heavy atom. The van der Waals surface area contributed by atoms with Crippen molar-refractivity contribution in [3.8, 4) is 5.75 Å². The Morgan fingerprint density at radius 3 is 2.43 bits per heavy atom. The van der Waals surface area contributed by atoms with Gasteiger partial charge in [-0.25, -0.2) is 8.42 Å². The van der Waals surface area contributed by atoms with E-state index < -0.39 is 10.0 Å². The van der Waals surface area contributed by atoms with Crippen molar-refractivity contribution in [1.82, 2.24) is 0 Å². The molecule has 3 aromatic carbocycles. The zero-order valence-electron chi connectivity index (χ0n) is 15.6. The van der Waals surface area contributed by atoms with Crippen LogP contribution in [0.4, 0.5) is 11.4 Å². The van der Waals surface area contributed by atoms with Crippen LogP contribution in [0.3, 0.4) is 0 Å². The van der Waals surface area contributed by atoms with Gasteiger partial charge in [-0.05, 0) is 56.3 Å². The normalized spacial score (nSPS) is 13.2. The highest BCUT2D eigenvalue weighted by molar-refractivity contribution is 7.93. The van der Waals surface area contributed by atoms with Crippen LogP contribution in [-0.4, -0.2) is 27.5 Å². The molecule has 1 heterocycles. The Morgan fingerprint density at radius 2 is 1.75 bits per heavy atom. The molecule has 6 nitrogen and oxygen atoms in total. The van der Waals surface area contributed by atoms with E-state index in [1.165, 1.54) is 0 Å². The third-order valence-corrected chi connectivity index (χ3v) is 6.21. The molecule has 0 unspecified atom stereocenters. The molecule has 0 radical (unpaired) electrons. The van der Waals surface area contributed by atoms with Crippen molar-refractivity contribution >= 4 is 38.1 Å². The number of anilines is 2. The molecule has 1 amide bonds. The molecule has 1 aliphatic rings. The van der Waals surface area contributed by atoms with Gasteiger partial charge >= 0.3 is 0 Å². The van der Waals surface area contributed by atoms with Crippen LogP contribution in [0.15, 0.2) is 59.5 Å². The van der Waals surface area contributed by atoms with Gasteiger partial charge in [-0.1, -0.05) is 12.1 Å². The van der Waals surface area contributed by atoms with Crippen molar-refractivity contribution in [1.29, 1.82) is 0 Å². The van der Waals surface area contributed by atoms with E-state index in [1.807, 2.05) is 13.8 Å². The molecule has 0 aliphatic carbocycles. The van der Waals surface area contributed by atoms with Crippen LogP contribution < -0.4 is 14.4 Å². The maximum Gasteiger partial charge on any atom is 0.262 e. The molecular formula is C21H20N2O4S. The zero-order valence-corrected chi connectivity index (χ0v) is 16.4. The number of ether oxygens (including phenoxy) is 1. The number of benzene rings is 3. The molecule has 0 spiro atoms. The standard InChI is InChI=1S/C21H20N2O4S/c1-3-23-18-12-13-19(16-6-5-7-17(20(16)18)21(23)24)28(25,26)22-14-8-10-15(11-9-14)27-4-2/h5-13,22H,3-4H2,1-2H3. The van der Waals surface area contributed by atoms with E-state index in [0.717, 1.165) is 5.69 Å². The van der Waals surface area contributed by atoms with Gasteiger partial charge in [-0.15, -0.1) is 0 Å². The van der Waals surface area contributed by atoms with E-state index >= 15 is 0 Å². The summed E-state index contributed by atoms with van der Waals surface area (Å²) in [5.41, 5.74) is 1.73. The van der Waals surface area contributed by atoms with Crippen molar-refractivity contribution < 1.29 is 17.9 Å². The first-order valence-corrected chi connectivity index (χ1v) is 10.6. The van der Waals surface area contributed by atoms with Gasteiger partial charge in [-0.2, -0.15) is 0 Å². The lowest BCUT2D eigenvalue weighted by Gasteiger charge is -2.16. The third kappa shape index (κ3) is 2.88. The monoisotopic (exact) mass is 396 g/mol. The first-order valence-electron chi connectivity index (χ1n) is 9.09. The minimum Gasteiger partial charge on any atom is -0.494 e. The molecule has 1 N–H and O–H groups in total. The number of carbonyl (C=O) groups excluding carboxylic acids is 1. The van der Waals surface area contributed by atoms with Crippen LogP contribution in [0.1, 0.15) is 24.2 Å². The second-order valence-corrected chi connectivity index (χ2v) is 8.07. The molecule has 0 aromatic heterocycles. The minimum absolute atomic E-state index is 0.0999. The molecule has 4 rings (SSSR count). The smallest absolute Gasteiger partial charge is 0.262 e. The zero-order chi connectivity index (χ0) is 19.9. The van der Waals surface area contributed by atoms with Gasteiger partial charge in [-0.3, -0.25) is 9.52 Å². The largest absolute Gasteiger partial charge is 0.494 e. The van der Waals surface area contributed by atoms with Crippen LogP contribution in [0.25, 0.3) is 10.8 Å². The summed E-state index contributed by atoms with van der Waals surface area (Å²) < 4.78 is 34.1. The van der Waals surface area contributed by atoms with E-state index in [9.17, 15) is 13.2 Å². The highest BCUT2D eigenvalue weighted by Gasteiger charge is 2.31. The topological polar surface area (TPSA) is 75.7 Å². The first kappa shape index (κ1) is 18.3. The summed E-state index contributed by atoms with van der Waals surface area (Å²) in [5.74, 6) is 0.575. The average Bonchev–Trinajstić information content (AvgIpc) is 2.96. The molecule has 0 saturated carbocycles. The van der Waals surface area contributed by atoms with Gasteiger partial charge in [0.15, 0.2) is 0 Å². The Labute approximate surface area is 163 Å². The maximum atomic E-state index is 13.1. The maximum absolute atomic E-state index is 13.1. The third-order valence-electron chi connectivity index (χ3n) is 4.77. The summed E-state index contributed by atoms with van der Waals surface area (Å²) in [7, 11) is -3.83. The number of sulfonamides is 1. The van der Waals surface area contributed by atoms with Crippen LogP contribution >= 0.6 is 0 Å². The molecule has 0 bridgehead atoms. The van der Waals surface area contributed by atoms with E-state index in [2.05, 4.69) is 4.72 Å². The molecule has 0 fully saturated rings. The molecule has 1 aliphatic heterocycles. The van der Waals surface area contributed by atoms with E-state index in [1.54, 1.807) is 59.5 Å². The Kier molecular flexibility index (Phi) is 4.47. The lowest BCUT2D eigenvalue weighted by molar-refractivity contribution is 0.0994. The fraction of sp³-hybridized carbons (Fsp3) is 0.190. The highest BCUT2D eigenvalue weighted by atomic mass is 32.2. The van der Waals surface area contributed by atoms with E-state index in [0.29, 0.717) is 40.9 Å². The summed E-state index contributed by atoms with van der Waals surface area (Å²) in [5, 5.41) is 1.22. The number of amides is 1. The lowest BCUT2D eigenvalue weighted by Crippen LogP contribution is -2.25. The highest BCUT2D eigenvalue weighted by Crippen LogP contribution is 2.40. The second-order valence-electron chi connectivity index (χ2n) is 6.42. The van der Waals surface area contributed by atoms with Crippen molar-refractivity contribution in [3.05, 3.63) is 60.2 Å². The van der Waals surface area contributed by atoms with Crippen molar-refractivity contribution in [2.45, 2.75) is 18.7 Å². The number of hydrogen-bond donors (Lipinski definition) is 1. The van der Waals surface area contributed by atoms with E-state index in [-0.39, 0.29) is 10.8 Å². The minimum atomic E-state index is -3.83. The Hall–Kier alpha value is -3.06. The lowest BCUT2D eigenvalue weighted by atomic mass is 10.1. The van der Waals surface area contributed by atoms with Gasteiger partial charge in [0.2, 0.25) is 0 Å². The van der Waals surface area contributed by atoms with Gasteiger partial charge in [0.25, 0.3) is 15.9 Å². The molecule has 0 atom stereocenters. The number of nitrogens with zero attached hydrogens (tertiary/aromatic N) is 1. The number of hydrogen-bond acceptors (Lipinski definition) is 4. The summed E-state index contributed by atoms with van der Waals surface area (Å²) in [6.45, 7) is 4.85. The average molecular weight is 396 g/mol. The summed E-state index contributed by atoms with van der Waals surface area (Å²) >= 11 is 0. The number of carbonyl (C=O) groups is 1. The van der Waals surface area contributed by atoms with Gasteiger partial charge < -0.3 is 9.64 Å². The first-order chi connectivity index (χ1) is 13.5. The Bertz CT molecular complexity index is 1170. The van der Waals surface area contributed by atoms with Crippen LogP contribution in [0, 0.1) is 0 Å². The van der Waals surface area contributed by atoms with Gasteiger partial charge in [0, 0.05) is 28.6 Å². The molecule has 28 heavy (non-hydrogen) atoms. The van der Waals surface area contributed by atoms with Crippen molar-refractivity contribution in [2.75, 3.05) is 22.8 Å². The van der Waals surface area contributed by atoms with Crippen molar-refractivity contribution in [3.63, 3.8) is 0 Å². The molecular weight excluding hydrogens is 376 g/mol. The van der Waals surface area contributed by atoms with Crippen LogP contribution in [0.2, 0.25) is 0 Å². The SMILES string of the molecule is CCOc1ccc(NS(=O)(=O)c2ccc3c4c(cccc24)C(=O)N3CC)cc1. The molecule has 0 saturated heterocycles. The number of rotatable bonds is 6. The fourth-order valence-corrected chi connectivity index (χ4v) is 4.83. The van der Waals surface area contributed by atoms with Crippen LogP contribution in [-0.2, 0) is 10.0 Å². The second kappa shape index (κ2) is 6.83. The van der Waals surface area contributed by atoms with Gasteiger partial charge in [0.1, 0.15) is 5.75 Å². The molecule has 3 aromatic rings. The van der Waals surface area contributed by atoms with Crippen molar-refractivity contribution in [2.24, 2.45) is 0 Å². The summed E-state index contributed by atoms with van der Waals surface area (Å²) in [4.78, 5) is 14.4. The predicted octanol–water partition coefficient (Wildman–Crippen LogP) is 4.02. The summed E-state index contributed by atoms with van der Waals surface area (Å²) in [6, 6.07) is 15.2.